The average Bonchev–Trinajstić information content (AvgIpc) is 3.04. The van der Waals surface area contributed by atoms with Crippen LogP contribution in [-0.2, 0) is 9.59 Å². The predicted molar refractivity (Wildman–Crippen MR) is 91.7 cm³/mol. The number of ether oxygens (including phenoxy) is 1. The van der Waals surface area contributed by atoms with Crippen LogP contribution in [0.1, 0.15) is 45.4 Å². The van der Waals surface area contributed by atoms with Crippen molar-refractivity contribution in [2.75, 3.05) is 0 Å². The largest absolute Gasteiger partial charge is 0.481 e. The Bertz CT molecular complexity index is 544. The van der Waals surface area contributed by atoms with Crippen LogP contribution in [0.5, 0.6) is 5.75 Å². The van der Waals surface area contributed by atoms with Crippen molar-refractivity contribution in [2.24, 2.45) is 5.92 Å². The number of nitrogens with one attached hydrogen (secondary N) is 2. The fraction of sp³-hybridized carbons (Fsp3) is 0.529. The highest BCUT2D eigenvalue weighted by molar-refractivity contribution is 9.10. The average molecular weight is 383 g/mol. The second-order valence-electron chi connectivity index (χ2n) is 5.94. The first kappa shape index (κ1) is 17.8. The summed E-state index contributed by atoms with van der Waals surface area (Å²) in [6.07, 6.45) is 5.63. The van der Waals surface area contributed by atoms with E-state index in [0.717, 1.165) is 10.9 Å². The van der Waals surface area contributed by atoms with Gasteiger partial charge in [0.2, 0.25) is 5.91 Å². The lowest BCUT2D eigenvalue weighted by Gasteiger charge is -2.15. The maximum atomic E-state index is 11.9. The summed E-state index contributed by atoms with van der Waals surface area (Å²) in [6, 6.07) is 7.26. The van der Waals surface area contributed by atoms with Crippen LogP contribution in [-0.4, -0.2) is 17.9 Å². The van der Waals surface area contributed by atoms with Crippen molar-refractivity contribution in [3.63, 3.8) is 0 Å². The van der Waals surface area contributed by atoms with Crippen molar-refractivity contribution < 1.29 is 14.3 Å². The zero-order chi connectivity index (χ0) is 16.7. The first-order chi connectivity index (χ1) is 11.0. The Balaban J connectivity index is 1.67. The molecule has 0 saturated heterocycles. The summed E-state index contributed by atoms with van der Waals surface area (Å²) in [4.78, 5) is 23.7. The molecule has 2 amide bonds. The molecule has 0 bridgehead atoms. The molecule has 0 spiro atoms. The van der Waals surface area contributed by atoms with Crippen LogP contribution in [0.2, 0.25) is 0 Å². The van der Waals surface area contributed by atoms with Crippen molar-refractivity contribution in [3.8, 4) is 5.75 Å². The highest BCUT2D eigenvalue weighted by Gasteiger charge is 2.18. The Morgan fingerprint density at radius 2 is 2.04 bits per heavy atom. The van der Waals surface area contributed by atoms with Gasteiger partial charge >= 0.3 is 0 Å². The molecule has 1 aromatic rings. The van der Waals surface area contributed by atoms with Gasteiger partial charge in [-0.15, -0.1) is 0 Å². The van der Waals surface area contributed by atoms with Crippen molar-refractivity contribution in [2.45, 2.75) is 51.6 Å². The predicted octanol–water partition coefficient (Wildman–Crippen LogP) is 3.33. The van der Waals surface area contributed by atoms with Crippen molar-refractivity contribution in [1.82, 2.24) is 10.9 Å². The van der Waals surface area contributed by atoms with Crippen LogP contribution in [0.3, 0.4) is 0 Å². The molecule has 0 aromatic heterocycles. The van der Waals surface area contributed by atoms with E-state index in [2.05, 4.69) is 26.8 Å². The van der Waals surface area contributed by atoms with Gasteiger partial charge in [0.15, 0.2) is 6.10 Å². The Hall–Kier alpha value is -1.56. The second kappa shape index (κ2) is 8.91. The number of amides is 2. The van der Waals surface area contributed by atoms with Gasteiger partial charge in [0.25, 0.3) is 5.91 Å². The van der Waals surface area contributed by atoms with Crippen LogP contribution < -0.4 is 15.6 Å². The number of benzene rings is 1. The summed E-state index contributed by atoms with van der Waals surface area (Å²) in [7, 11) is 0. The second-order valence-corrected chi connectivity index (χ2v) is 6.86. The molecule has 1 aliphatic rings. The lowest BCUT2D eigenvalue weighted by atomic mass is 10.0. The number of hydrogen-bond acceptors (Lipinski definition) is 3. The van der Waals surface area contributed by atoms with E-state index in [4.69, 9.17) is 4.74 Å². The molecular weight excluding hydrogens is 360 g/mol. The zero-order valence-electron chi connectivity index (χ0n) is 13.3. The molecule has 1 aromatic carbocycles. The summed E-state index contributed by atoms with van der Waals surface area (Å²) in [6.45, 7) is 1.64. The van der Waals surface area contributed by atoms with Gasteiger partial charge in [-0.2, -0.15) is 0 Å². The molecule has 2 N–H and O–H groups in total. The van der Waals surface area contributed by atoms with Gasteiger partial charge in [-0.1, -0.05) is 47.7 Å². The quantitative estimate of drug-likeness (QED) is 0.741. The van der Waals surface area contributed by atoms with E-state index < -0.39 is 6.10 Å². The highest BCUT2D eigenvalue weighted by atomic mass is 79.9. The van der Waals surface area contributed by atoms with Gasteiger partial charge in [-0.05, 0) is 37.5 Å². The maximum Gasteiger partial charge on any atom is 0.279 e. The van der Waals surface area contributed by atoms with E-state index >= 15 is 0 Å². The number of rotatable bonds is 6. The van der Waals surface area contributed by atoms with Crippen LogP contribution in [0.4, 0.5) is 0 Å². The first-order valence-corrected chi connectivity index (χ1v) is 8.85. The number of halogens is 1. The van der Waals surface area contributed by atoms with Gasteiger partial charge in [0, 0.05) is 10.9 Å². The molecule has 0 aliphatic heterocycles. The third kappa shape index (κ3) is 6.22. The minimum Gasteiger partial charge on any atom is -0.481 e. The molecule has 23 heavy (non-hydrogen) atoms. The summed E-state index contributed by atoms with van der Waals surface area (Å²) >= 11 is 3.35. The summed E-state index contributed by atoms with van der Waals surface area (Å²) in [5.74, 6) is 0.726. The Labute approximate surface area is 145 Å². The van der Waals surface area contributed by atoms with Crippen LogP contribution in [0.25, 0.3) is 0 Å². The normalized spacial score (nSPS) is 15.9. The lowest BCUT2D eigenvalue weighted by molar-refractivity contribution is -0.132. The smallest absolute Gasteiger partial charge is 0.279 e. The fourth-order valence-corrected chi connectivity index (χ4v) is 3.11. The summed E-state index contributed by atoms with van der Waals surface area (Å²) in [5.41, 5.74) is 4.87. The van der Waals surface area contributed by atoms with Gasteiger partial charge < -0.3 is 4.74 Å². The Morgan fingerprint density at radius 1 is 1.30 bits per heavy atom. The molecule has 6 heteroatoms. The molecule has 5 nitrogen and oxygen atoms in total. The van der Waals surface area contributed by atoms with Gasteiger partial charge in [0.1, 0.15) is 5.75 Å². The molecule has 0 unspecified atom stereocenters. The van der Waals surface area contributed by atoms with Gasteiger partial charge in [-0.3, -0.25) is 20.4 Å². The number of carbonyl (C=O) groups is 2. The van der Waals surface area contributed by atoms with E-state index in [-0.39, 0.29) is 11.8 Å². The van der Waals surface area contributed by atoms with E-state index in [1.54, 1.807) is 19.1 Å². The summed E-state index contributed by atoms with van der Waals surface area (Å²) < 4.78 is 6.41. The van der Waals surface area contributed by atoms with Crippen LogP contribution in [0, 0.1) is 5.92 Å². The Morgan fingerprint density at radius 3 is 2.74 bits per heavy atom. The topological polar surface area (TPSA) is 67.4 Å². The molecule has 2 rings (SSSR count). The minimum atomic E-state index is -0.695. The van der Waals surface area contributed by atoms with Gasteiger partial charge in [-0.25, -0.2) is 0 Å². The maximum absolute atomic E-state index is 11.9. The third-order valence-corrected chi connectivity index (χ3v) is 4.55. The number of carbonyl (C=O) groups excluding carboxylic acids is 2. The van der Waals surface area contributed by atoms with Gasteiger partial charge in [0.05, 0.1) is 0 Å². The van der Waals surface area contributed by atoms with E-state index in [1.165, 1.54) is 25.7 Å². The minimum absolute atomic E-state index is 0.153. The molecule has 1 aliphatic carbocycles. The standard InChI is InChI=1S/C17H23BrN2O3/c1-12(23-15-8-4-7-14(18)11-15)17(22)20-19-16(21)10-9-13-5-2-3-6-13/h4,7-8,11-13H,2-3,5-6,9-10H2,1H3,(H,19,21)(H,20,22)/t12-/m0/s1. The lowest BCUT2D eigenvalue weighted by Crippen LogP contribution is -2.47. The van der Waals surface area contributed by atoms with Crippen LogP contribution in [0.15, 0.2) is 28.7 Å². The fourth-order valence-electron chi connectivity index (χ4n) is 2.73. The molecule has 0 radical (unpaired) electrons. The van der Waals surface area contributed by atoms with Crippen LogP contribution >= 0.6 is 15.9 Å². The van der Waals surface area contributed by atoms with E-state index in [0.29, 0.717) is 18.1 Å². The highest BCUT2D eigenvalue weighted by Crippen LogP contribution is 2.28. The molecular formula is C17H23BrN2O3. The SMILES string of the molecule is C[C@H](Oc1cccc(Br)c1)C(=O)NNC(=O)CCC1CCCC1. The molecule has 126 valence electrons. The summed E-state index contributed by atoms with van der Waals surface area (Å²) in [5, 5.41) is 0. The van der Waals surface area contributed by atoms with Crippen molar-refractivity contribution in [3.05, 3.63) is 28.7 Å². The van der Waals surface area contributed by atoms with E-state index in [1.807, 2.05) is 12.1 Å². The molecule has 1 saturated carbocycles. The Kier molecular flexibility index (Phi) is 6.89. The third-order valence-electron chi connectivity index (χ3n) is 4.06. The van der Waals surface area contributed by atoms with Crippen molar-refractivity contribution in [1.29, 1.82) is 0 Å². The monoisotopic (exact) mass is 382 g/mol. The van der Waals surface area contributed by atoms with Crippen molar-refractivity contribution >= 4 is 27.7 Å². The zero-order valence-corrected chi connectivity index (χ0v) is 14.9. The molecule has 1 atom stereocenters. The molecule has 1 fully saturated rings. The first-order valence-electron chi connectivity index (χ1n) is 8.05. The number of hydrazine groups is 1. The number of hydrogen-bond donors (Lipinski definition) is 2. The van der Waals surface area contributed by atoms with E-state index in [9.17, 15) is 9.59 Å². The molecule has 0 heterocycles.